The van der Waals surface area contributed by atoms with Crippen LogP contribution in [0.4, 0.5) is 10.1 Å². The van der Waals surface area contributed by atoms with E-state index in [2.05, 4.69) is 4.90 Å². The summed E-state index contributed by atoms with van der Waals surface area (Å²) in [4.78, 5) is 29.3. The normalized spacial score (nSPS) is 19.4. The second kappa shape index (κ2) is 11.0. The van der Waals surface area contributed by atoms with Crippen molar-refractivity contribution in [3.63, 3.8) is 0 Å². The minimum atomic E-state index is -1.03. The third kappa shape index (κ3) is 5.03. The first kappa shape index (κ1) is 27.0. The lowest BCUT2D eigenvalue weighted by Crippen LogP contribution is -2.47. The number of fused-ring (bicyclic) bond motifs is 2. The van der Waals surface area contributed by atoms with Gasteiger partial charge < -0.3 is 29.6 Å². The Bertz CT molecular complexity index is 1500. The molecule has 11 heteroatoms. The molecule has 6 rings (SSSR count). The Morgan fingerprint density at radius 3 is 2.70 bits per heavy atom. The molecule has 1 unspecified atom stereocenters. The summed E-state index contributed by atoms with van der Waals surface area (Å²) in [6, 6.07) is 8.96. The van der Waals surface area contributed by atoms with E-state index in [0.29, 0.717) is 48.7 Å². The Labute approximate surface area is 232 Å². The molecule has 3 N–H and O–H groups in total. The lowest BCUT2D eigenvalue weighted by Gasteiger charge is -2.36. The quantitative estimate of drug-likeness (QED) is 0.238. The molecule has 0 bridgehead atoms. The maximum Gasteiger partial charge on any atom is 0.495 e. The Morgan fingerprint density at radius 2 is 2.00 bits per heavy atom. The molecule has 1 aliphatic carbocycles. The summed E-state index contributed by atoms with van der Waals surface area (Å²) in [5.41, 5.74) is 8.18. The van der Waals surface area contributed by atoms with Gasteiger partial charge in [-0.05, 0) is 49.9 Å². The number of halogens is 1. The molecule has 0 spiro atoms. The van der Waals surface area contributed by atoms with Crippen LogP contribution in [0.5, 0.6) is 5.75 Å². The third-order valence-electron chi connectivity index (χ3n) is 8.21. The Balaban J connectivity index is 1.08. The van der Waals surface area contributed by atoms with Crippen LogP contribution < -0.4 is 26.3 Å². The van der Waals surface area contributed by atoms with E-state index in [9.17, 15) is 14.6 Å². The Kier molecular flexibility index (Phi) is 7.39. The van der Waals surface area contributed by atoms with Gasteiger partial charge in [-0.1, -0.05) is 12.1 Å². The van der Waals surface area contributed by atoms with Gasteiger partial charge in [0.1, 0.15) is 11.6 Å². The van der Waals surface area contributed by atoms with Gasteiger partial charge in [0, 0.05) is 62.4 Å². The van der Waals surface area contributed by atoms with Gasteiger partial charge in [-0.15, -0.1) is 0 Å². The average molecular weight is 548 g/mol. The highest BCUT2D eigenvalue weighted by molar-refractivity contribution is 6.62. The van der Waals surface area contributed by atoms with Crippen molar-refractivity contribution in [2.24, 2.45) is 5.73 Å². The lowest BCUT2D eigenvalue weighted by molar-refractivity contribution is 0.101. The van der Waals surface area contributed by atoms with E-state index in [-0.39, 0.29) is 28.9 Å². The van der Waals surface area contributed by atoms with Gasteiger partial charge in [-0.2, -0.15) is 0 Å². The number of carbonyl (C=O) groups excluding carboxylic acids is 1. The van der Waals surface area contributed by atoms with Crippen molar-refractivity contribution >= 4 is 35.0 Å². The van der Waals surface area contributed by atoms with E-state index in [1.54, 1.807) is 12.3 Å². The monoisotopic (exact) mass is 548 g/mol. The summed E-state index contributed by atoms with van der Waals surface area (Å²) in [6.45, 7) is 5.89. The first-order chi connectivity index (χ1) is 19.4. The second-order valence-electron chi connectivity index (χ2n) is 10.9. The number of hydrogen-bond acceptors (Lipinski definition) is 8. The number of nitrogens with two attached hydrogens (primary N) is 1. The van der Waals surface area contributed by atoms with Crippen molar-refractivity contribution in [2.45, 2.75) is 38.3 Å². The maximum absolute atomic E-state index is 15.3. The van der Waals surface area contributed by atoms with E-state index in [0.717, 1.165) is 44.5 Å². The number of anilines is 1. The van der Waals surface area contributed by atoms with Gasteiger partial charge in [0.2, 0.25) is 0 Å². The molecule has 3 aliphatic rings. The van der Waals surface area contributed by atoms with Crippen LogP contribution in [-0.2, 0) is 4.65 Å². The molecule has 1 aromatic heterocycles. The molecule has 2 fully saturated rings. The molecule has 0 amide bonds. The number of ether oxygens (including phenoxy) is 1. The molecule has 1 atom stereocenters. The molecule has 9 nitrogen and oxygen atoms in total. The molecular weight excluding hydrogens is 514 g/mol. The van der Waals surface area contributed by atoms with Crippen LogP contribution in [0.2, 0.25) is 0 Å². The van der Waals surface area contributed by atoms with Crippen LogP contribution in [-0.4, -0.2) is 73.3 Å². The van der Waals surface area contributed by atoms with Crippen molar-refractivity contribution in [2.75, 3.05) is 50.8 Å². The van der Waals surface area contributed by atoms with E-state index in [1.807, 2.05) is 27.7 Å². The van der Waals surface area contributed by atoms with Gasteiger partial charge in [0.05, 0.1) is 29.5 Å². The topological polar surface area (TPSA) is 110 Å². The lowest BCUT2D eigenvalue weighted by atomic mass is 9.78. The van der Waals surface area contributed by atoms with Crippen LogP contribution in [0, 0.1) is 5.82 Å². The van der Waals surface area contributed by atoms with Crippen molar-refractivity contribution in [1.82, 2.24) is 9.47 Å². The smallest absolute Gasteiger partial charge is 0.494 e. The summed E-state index contributed by atoms with van der Waals surface area (Å²) in [6.07, 6.45) is 4.11. The van der Waals surface area contributed by atoms with E-state index in [1.165, 1.54) is 13.0 Å². The molecule has 1 saturated carbocycles. The second-order valence-corrected chi connectivity index (χ2v) is 10.9. The predicted octanol–water partition coefficient (Wildman–Crippen LogP) is 1.99. The van der Waals surface area contributed by atoms with Crippen molar-refractivity contribution in [1.29, 1.82) is 0 Å². The van der Waals surface area contributed by atoms with Crippen LogP contribution in [0.25, 0.3) is 10.9 Å². The number of piperazine rings is 1. The zero-order valence-corrected chi connectivity index (χ0v) is 22.6. The summed E-state index contributed by atoms with van der Waals surface area (Å²) >= 11 is 0. The first-order valence-electron chi connectivity index (χ1n) is 14.0. The number of hydrogen-bond donors (Lipinski definition) is 2. The number of ketones is 1. The highest BCUT2D eigenvalue weighted by Gasteiger charge is 2.37. The molecule has 40 heavy (non-hydrogen) atoms. The van der Waals surface area contributed by atoms with E-state index >= 15 is 4.39 Å². The van der Waals surface area contributed by atoms with Gasteiger partial charge in [-0.25, -0.2) is 4.39 Å². The standard InChI is InChI=1S/C29H34BFN4O5/c1-18(36)22-17-35(19-6-7-19)24-15-25(23(31)14-21(24)29(22)37)34-11-9-33(10-12-34)8-3-13-39-26-5-2-4-20-27(16-32)40-30(38)28(20)26/h2,4-5,14-15,17,19,27,38H,3,6-13,16,32H2,1H3. The van der Waals surface area contributed by atoms with E-state index < -0.39 is 18.4 Å². The molecule has 3 heterocycles. The number of benzene rings is 2. The molecular formula is C29H34BFN4O5. The molecule has 3 aromatic rings. The number of rotatable bonds is 9. The largest absolute Gasteiger partial charge is 0.495 e. The fourth-order valence-electron chi connectivity index (χ4n) is 5.90. The molecule has 1 saturated heterocycles. The number of nitrogens with zero attached hydrogens (tertiary/aromatic N) is 3. The predicted molar refractivity (Wildman–Crippen MR) is 152 cm³/mol. The zero-order chi connectivity index (χ0) is 28.0. The van der Waals surface area contributed by atoms with Crippen LogP contribution >= 0.6 is 0 Å². The maximum atomic E-state index is 15.3. The summed E-state index contributed by atoms with van der Waals surface area (Å²) in [5, 5.41) is 10.6. The highest BCUT2D eigenvalue weighted by atomic mass is 19.1. The fraction of sp³-hybridized carbons (Fsp3) is 0.448. The molecule has 210 valence electrons. The number of pyridine rings is 1. The number of aromatic nitrogens is 1. The van der Waals surface area contributed by atoms with Crippen molar-refractivity contribution in [3.05, 3.63) is 63.7 Å². The summed E-state index contributed by atoms with van der Waals surface area (Å²) < 4.78 is 28.8. The van der Waals surface area contributed by atoms with Crippen LogP contribution in [0.1, 0.15) is 54.3 Å². The Hall–Kier alpha value is -3.25. The summed E-state index contributed by atoms with van der Waals surface area (Å²) in [7, 11) is -1.03. The number of Topliss-reactive ketones (excluding diaryl/α,β-unsaturated/α-hetero) is 1. The van der Waals surface area contributed by atoms with Gasteiger partial charge in [0.15, 0.2) is 11.2 Å². The third-order valence-corrected chi connectivity index (χ3v) is 8.21. The molecule has 0 radical (unpaired) electrons. The molecule has 2 aromatic carbocycles. The van der Waals surface area contributed by atoms with Gasteiger partial charge in [-0.3, -0.25) is 14.5 Å². The van der Waals surface area contributed by atoms with E-state index in [4.69, 9.17) is 15.1 Å². The minimum absolute atomic E-state index is 0.116. The Morgan fingerprint density at radius 1 is 1.23 bits per heavy atom. The van der Waals surface area contributed by atoms with Crippen molar-refractivity contribution < 1.29 is 23.6 Å². The van der Waals surface area contributed by atoms with Gasteiger partial charge in [0.25, 0.3) is 0 Å². The SMILES string of the molecule is CC(=O)c1cn(C2CC2)c2cc(N3CCN(CCCOc4cccc5c4B(O)OC5CN)CC3)c(F)cc2c1=O. The average Bonchev–Trinajstić information content (AvgIpc) is 3.74. The highest BCUT2D eigenvalue weighted by Crippen LogP contribution is 2.38. The van der Waals surface area contributed by atoms with Crippen molar-refractivity contribution in [3.8, 4) is 5.75 Å². The van der Waals surface area contributed by atoms with Crippen LogP contribution in [0.15, 0.2) is 41.3 Å². The fourth-order valence-corrected chi connectivity index (χ4v) is 5.90. The van der Waals surface area contributed by atoms with Gasteiger partial charge >= 0.3 is 7.12 Å². The minimum Gasteiger partial charge on any atom is -0.494 e. The zero-order valence-electron chi connectivity index (χ0n) is 22.6. The summed E-state index contributed by atoms with van der Waals surface area (Å²) in [5.74, 6) is -0.114. The van der Waals surface area contributed by atoms with Crippen LogP contribution in [0.3, 0.4) is 0 Å². The first-order valence-corrected chi connectivity index (χ1v) is 14.0. The molecule has 2 aliphatic heterocycles. The number of carbonyl (C=O) groups is 1.